The van der Waals surface area contributed by atoms with E-state index in [0.717, 1.165) is 21.8 Å². The molecule has 1 heterocycles. The third-order valence-electron chi connectivity index (χ3n) is 2.38. The van der Waals surface area contributed by atoms with Gasteiger partial charge < -0.3 is 5.73 Å². The van der Waals surface area contributed by atoms with Crippen LogP contribution >= 0.6 is 11.3 Å². The molecule has 0 radical (unpaired) electrons. The summed E-state index contributed by atoms with van der Waals surface area (Å²) in [5.74, 6) is -0.252. The molecule has 0 spiro atoms. The van der Waals surface area contributed by atoms with Gasteiger partial charge in [0.05, 0.1) is 16.7 Å². The van der Waals surface area contributed by atoms with Crippen LogP contribution in [0.25, 0.3) is 0 Å². The van der Waals surface area contributed by atoms with E-state index in [1.54, 1.807) is 11.3 Å². The van der Waals surface area contributed by atoms with Crippen LogP contribution in [0, 0.1) is 19.7 Å². The molecule has 1 atom stereocenters. The van der Waals surface area contributed by atoms with Crippen LogP contribution in [0.1, 0.15) is 27.9 Å². The molecule has 0 bridgehead atoms. The third-order valence-corrected chi connectivity index (χ3v) is 3.17. The van der Waals surface area contributed by atoms with E-state index in [-0.39, 0.29) is 11.9 Å². The Balaban J connectivity index is 2.37. The SMILES string of the molecule is Cc1cc(F)cc(C(N)c2csc(C)n2)c1. The largest absolute Gasteiger partial charge is 0.319 e. The minimum Gasteiger partial charge on any atom is -0.319 e. The van der Waals surface area contributed by atoms with Crippen molar-refractivity contribution in [1.82, 2.24) is 4.98 Å². The highest BCUT2D eigenvalue weighted by Gasteiger charge is 2.13. The zero-order valence-corrected chi connectivity index (χ0v) is 10.0. The average molecular weight is 236 g/mol. The minimum atomic E-state index is -0.348. The van der Waals surface area contributed by atoms with Gasteiger partial charge in [0.2, 0.25) is 0 Å². The molecular formula is C12H13FN2S. The lowest BCUT2D eigenvalue weighted by Gasteiger charge is -2.10. The van der Waals surface area contributed by atoms with Gasteiger partial charge in [0.1, 0.15) is 5.82 Å². The second-order valence-electron chi connectivity index (χ2n) is 3.83. The van der Waals surface area contributed by atoms with Crippen molar-refractivity contribution in [2.24, 2.45) is 5.73 Å². The molecule has 1 unspecified atom stereocenters. The first kappa shape index (κ1) is 11.2. The lowest BCUT2D eigenvalue weighted by Crippen LogP contribution is -2.12. The quantitative estimate of drug-likeness (QED) is 0.870. The fraction of sp³-hybridized carbons (Fsp3) is 0.250. The van der Waals surface area contributed by atoms with Crippen molar-refractivity contribution in [1.29, 1.82) is 0 Å². The van der Waals surface area contributed by atoms with E-state index in [1.807, 2.05) is 25.3 Å². The van der Waals surface area contributed by atoms with Crippen molar-refractivity contribution in [2.45, 2.75) is 19.9 Å². The first-order chi connectivity index (χ1) is 7.56. The van der Waals surface area contributed by atoms with Gasteiger partial charge in [-0.1, -0.05) is 6.07 Å². The number of hydrogen-bond donors (Lipinski definition) is 1. The summed E-state index contributed by atoms with van der Waals surface area (Å²) < 4.78 is 13.2. The molecule has 0 aliphatic carbocycles. The second-order valence-corrected chi connectivity index (χ2v) is 4.89. The van der Waals surface area contributed by atoms with Gasteiger partial charge in [0.15, 0.2) is 0 Å². The molecular weight excluding hydrogens is 223 g/mol. The molecule has 0 saturated carbocycles. The summed E-state index contributed by atoms with van der Waals surface area (Å²) in [5, 5.41) is 2.89. The van der Waals surface area contributed by atoms with E-state index in [2.05, 4.69) is 4.98 Å². The molecule has 84 valence electrons. The van der Waals surface area contributed by atoms with Crippen molar-refractivity contribution >= 4 is 11.3 Å². The lowest BCUT2D eigenvalue weighted by molar-refractivity contribution is 0.622. The number of halogens is 1. The smallest absolute Gasteiger partial charge is 0.123 e. The second kappa shape index (κ2) is 4.31. The summed E-state index contributed by atoms with van der Waals surface area (Å²) in [4.78, 5) is 4.32. The highest BCUT2D eigenvalue weighted by molar-refractivity contribution is 7.09. The molecule has 0 fully saturated rings. The van der Waals surface area contributed by atoms with Crippen LogP contribution in [0.4, 0.5) is 4.39 Å². The standard InChI is InChI=1S/C12H13FN2S/c1-7-3-9(5-10(13)4-7)12(14)11-6-16-8(2)15-11/h3-6,12H,14H2,1-2H3. The Bertz CT molecular complexity index is 487. The summed E-state index contributed by atoms with van der Waals surface area (Å²) in [7, 11) is 0. The number of thiazole rings is 1. The molecule has 2 aromatic rings. The third kappa shape index (κ3) is 2.28. The molecule has 0 aliphatic heterocycles. The summed E-state index contributed by atoms with van der Waals surface area (Å²) in [5.41, 5.74) is 8.48. The maximum atomic E-state index is 13.2. The first-order valence-corrected chi connectivity index (χ1v) is 5.89. The van der Waals surface area contributed by atoms with Crippen molar-refractivity contribution < 1.29 is 4.39 Å². The van der Waals surface area contributed by atoms with Crippen molar-refractivity contribution in [3.63, 3.8) is 0 Å². The first-order valence-electron chi connectivity index (χ1n) is 5.01. The number of hydrogen-bond acceptors (Lipinski definition) is 3. The zero-order chi connectivity index (χ0) is 11.7. The predicted molar refractivity (Wildman–Crippen MR) is 64.0 cm³/mol. The molecule has 1 aromatic carbocycles. The summed E-state index contributed by atoms with van der Waals surface area (Å²) in [6, 6.07) is 4.50. The van der Waals surface area contributed by atoms with E-state index < -0.39 is 0 Å². The molecule has 1 aromatic heterocycles. The maximum Gasteiger partial charge on any atom is 0.123 e. The maximum absolute atomic E-state index is 13.2. The van der Waals surface area contributed by atoms with E-state index in [9.17, 15) is 4.39 Å². The summed E-state index contributed by atoms with van der Waals surface area (Å²) in [6.07, 6.45) is 0. The molecule has 2 N–H and O–H groups in total. The molecule has 2 nitrogen and oxygen atoms in total. The van der Waals surface area contributed by atoms with Crippen LogP contribution in [0.3, 0.4) is 0 Å². The van der Waals surface area contributed by atoms with E-state index in [0.29, 0.717) is 0 Å². The fourth-order valence-electron chi connectivity index (χ4n) is 1.64. The monoisotopic (exact) mass is 236 g/mol. The number of rotatable bonds is 2. The van der Waals surface area contributed by atoms with E-state index in [1.165, 1.54) is 12.1 Å². The molecule has 4 heteroatoms. The zero-order valence-electron chi connectivity index (χ0n) is 9.20. The minimum absolute atomic E-state index is 0.252. The van der Waals surface area contributed by atoms with Gasteiger partial charge in [0, 0.05) is 5.38 Å². The van der Waals surface area contributed by atoms with Crippen molar-refractivity contribution in [3.8, 4) is 0 Å². The van der Waals surface area contributed by atoms with Gasteiger partial charge in [0.25, 0.3) is 0 Å². The Kier molecular flexibility index (Phi) is 3.03. The number of nitrogens with two attached hydrogens (primary N) is 1. The number of benzene rings is 1. The highest BCUT2D eigenvalue weighted by atomic mass is 32.1. The highest BCUT2D eigenvalue weighted by Crippen LogP contribution is 2.22. The number of nitrogens with zero attached hydrogens (tertiary/aromatic N) is 1. The van der Waals surface area contributed by atoms with E-state index in [4.69, 9.17) is 5.73 Å². The van der Waals surface area contributed by atoms with Crippen LogP contribution in [0.5, 0.6) is 0 Å². The molecule has 16 heavy (non-hydrogen) atoms. The van der Waals surface area contributed by atoms with E-state index >= 15 is 0 Å². The number of aryl methyl sites for hydroxylation is 2. The lowest BCUT2D eigenvalue weighted by atomic mass is 10.0. The fourth-order valence-corrected chi connectivity index (χ4v) is 2.29. The van der Waals surface area contributed by atoms with Gasteiger partial charge in [-0.3, -0.25) is 0 Å². The molecule has 2 rings (SSSR count). The Labute approximate surface area is 97.9 Å². The molecule has 0 amide bonds. The van der Waals surface area contributed by atoms with Crippen LogP contribution < -0.4 is 5.73 Å². The molecule has 0 saturated heterocycles. The number of aromatic nitrogens is 1. The summed E-state index contributed by atoms with van der Waals surface area (Å²) in [6.45, 7) is 3.78. The van der Waals surface area contributed by atoms with Crippen molar-refractivity contribution in [3.05, 3.63) is 51.2 Å². The Morgan fingerprint density at radius 2 is 2.06 bits per heavy atom. The van der Waals surface area contributed by atoms with Crippen LogP contribution in [-0.4, -0.2) is 4.98 Å². The van der Waals surface area contributed by atoms with Crippen LogP contribution in [-0.2, 0) is 0 Å². The van der Waals surface area contributed by atoms with Gasteiger partial charge in [-0.2, -0.15) is 0 Å². The average Bonchev–Trinajstić information content (AvgIpc) is 2.62. The summed E-state index contributed by atoms with van der Waals surface area (Å²) >= 11 is 1.55. The van der Waals surface area contributed by atoms with Gasteiger partial charge in [-0.05, 0) is 37.1 Å². The van der Waals surface area contributed by atoms with Crippen molar-refractivity contribution in [2.75, 3.05) is 0 Å². The Morgan fingerprint density at radius 1 is 1.31 bits per heavy atom. The van der Waals surface area contributed by atoms with Gasteiger partial charge in [-0.25, -0.2) is 9.37 Å². The predicted octanol–water partition coefficient (Wildman–Crippen LogP) is 2.95. The van der Waals surface area contributed by atoms with Gasteiger partial charge >= 0.3 is 0 Å². The molecule has 0 aliphatic rings. The normalized spacial score (nSPS) is 12.8. The van der Waals surface area contributed by atoms with Gasteiger partial charge in [-0.15, -0.1) is 11.3 Å². The van der Waals surface area contributed by atoms with Crippen LogP contribution in [0.2, 0.25) is 0 Å². The topological polar surface area (TPSA) is 38.9 Å². The Hall–Kier alpha value is -1.26. The van der Waals surface area contributed by atoms with Crippen LogP contribution in [0.15, 0.2) is 23.6 Å². The Morgan fingerprint density at radius 3 is 2.62 bits per heavy atom.